The Morgan fingerprint density at radius 3 is 2.24 bits per heavy atom. The molecule has 2 heterocycles. The van der Waals surface area contributed by atoms with Crippen LogP contribution in [0.4, 0.5) is 5.82 Å². The molecule has 5 rings (SSSR count). The monoisotopic (exact) mass is 457 g/mol. The maximum absolute atomic E-state index is 12.8. The molecule has 3 aromatic carbocycles. The van der Waals surface area contributed by atoms with E-state index >= 15 is 0 Å². The maximum Gasteiger partial charge on any atom is 0.267 e. The van der Waals surface area contributed by atoms with E-state index in [-0.39, 0.29) is 11.8 Å². The van der Waals surface area contributed by atoms with Gasteiger partial charge in [-0.3, -0.25) is 14.3 Å². The summed E-state index contributed by atoms with van der Waals surface area (Å²) in [6, 6.07) is 23.9. The predicted molar refractivity (Wildman–Crippen MR) is 126 cm³/mol. The highest BCUT2D eigenvalue weighted by molar-refractivity contribution is 6.34. The quantitative estimate of drug-likeness (QED) is 0.370. The number of hydrogen-bond donors (Lipinski definition) is 0. The highest BCUT2D eigenvalue weighted by atomic mass is 35.5. The summed E-state index contributed by atoms with van der Waals surface area (Å²) in [6.45, 7) is 2.68. The van der Waals surface area contributed by atoms with Crippen molar-refractivity contribution < 1.29 is 14.3 Å². The molecular weight excluding hydrogens is 438 g/mol. The first-order chi connectivity index (χ1) is 16.0. The van der Waals surface area contributed by atoms with Crippen LogP contribution < -0.4 is 9.64 Å². The van der Waals surface area contributed by atoms with E-state index in [4.69, 9.17) is 16.3 Å². The predicted octanol–water partition coefficient (Wildman–Crippen LogP) is 5.27. The number of aromatic nitrogens is 2. The van der Waals surface area contributed by atoms with Crippen molar-refractivity contribution in [2.75, 3.05) is 4.90 Å². The standard InChI is InChI=1S/C26H20ClN3O3/c1-17-13-24(30-25(31)21-9-5-6-10-22(21)26(30)32)28-29(17)15-19-14-20(27)11-12-23(19)33-16-18-7-3-2-4-8-18/h2-14H,15-16H2,1H3. The summed E-state index contributed by atoms with van der Waals surface area (Å²) in [6.07, 6.45) is 0. The van der Waals surface area contributed by atoms with Crippen LogP contribution in [0.3, 0.4) is 0 Å². The number of carbonyl (C=O) groups is 2. The van der Waals surface area contributed by atoms with Crippen LogP contribution in [0.5, 0.6) is 5.75 Å². The first-order valence-corrected chi connectivity index (χ1v) is 10.9. The Kier molecular flexibility index (Phi) is 5.44. The number of ether oxygens (including phenoxy) is 1. The number of hydrogen-bond acceptors (Lipinski definition) is 4. The molecular formula is C26H20ClN3O3. The maximum atomic E-state index is 12.8. The van der Waals surface area contributed by atoms with Gasteiger partial charge in [0.2, 0.25) is 0 Å². The average Bonchev–Trinajstić information content (AvgIpc) is 3.30. The summed E-state index contributed by atoms with van der Waals surface area (Å²) in [4.78, 5) is 26.8. The average molecular weight is 458 g/mol. The van der Waals surface area contributed by atoms with Crippen molar-refractivity contribution in [3.63, 3.8) is 0 Å². The van der Waals surface area contributed by atoms with Crippen molar-refractivity contribution in [1.29, 1.82) is 0 Å². The van der Waals surface area contributed by atoms with Crippen LogP contribution in [0.15, 0.2) is 78.9 Å². The van der Waals surface area contributed by atoms with E-state index < -0.39 is 0 Å². The van der Waals surface area contributed by atoms with Crippen molar-refractivity contribution in [2.24, 2.45) is 0 Å². The van der Waals surface area contributed by atoms with E-state index in [1.54, 1.807) is 41.1 Å². The van der Waals surface area contributed by atoms with Crippen LogP contribution in [-0.2, 0) is 13.2 Å². The van der Waals surface area contributed by atoms with Crippen LogP contribution >= 0.6 is 11.6 Å². The zero-order valence-corrected chi connectivity index (χ0v) is 18.6. The van der Waals surface area contributed by atoms with E-state index in [0.29, 0.717) is 40.9 Å². The molecule has 33 heavy (non-hydrogen) atoms. The number of carbonyl (C=O) groups excluding carboxylic acids is 2. The third kappa shape index (κ3) is 4.01. The number of amides is 2. The number of benzene rings is 3. The largest absolute Gasteiger partial charge is 0.489 e. The number of halogens is 1. The van der Waals surface area contributed by atoms with E-state index in [9.17, 15) is 9.59 Å². The van der Waals surface area contributed by atoms with E-state index in [1.807, 2.05) is 49.4 Å². The van der Waals surface area contributed by atoms with E-state index in [1.165, 1.54) is 0 Å². The third-order valence-corrected chi connectivity index (χ3v) is 5.81. The minimum absolute atomic E-state index is 0.299. The zero-order chi connectivity index (χ0) is 22.9. The lowest BCUT2D eigenvalue weighted by molar-refractivity contribution is 0.0925. The lowest BCUT2D eigenvalue weighted by Crippen LogP contribution is -2.29. The van der Waals surface area contributed by atoms with Gasteiger partial charge in [0.15, 0.2) is 5.82 Å². The smallest absolute Gasteiger partial charge is 0.267 e. The summed E-state index contributed by atoms with van der Waals surface area (Å²) >= 11 is 6.26. The van der Waals surface area contributed by atoms with Gasteiger partial charge in [-0.1, -0.05) is 54.1 Å². The van der Waals surface area contributed by atoms with Crippen LogP contribution in [-0.4, -0.2) is 21.6 Å². The van der Waals surface area contributed by atoms with Gasteiger partial charge in [0.05, 0.1) is 17.7 Å². The Labute approximate surface area is 196 Å². The summed E-state index contributed by atoms with van der Waals surface area (Å²) in [5.41, 5.74) is 3.48. The fourth-order valence-electron chi connectivity index (χ4n) is 3.87. The number of anilines is 1. The highest BCUT2D eigenvalue weighted by Gasteiger charge is 2.37. The fourth-order valence-corrected chi connectivity index (χ4v) is 4.06. The molecule has 0 N–H and O–H groups in total. The molecule has 4 aromatic rings. The topological polar surface area (TPSA) is 64.4 Å². The Morgan fingerprint density at radius 2 is 1.55 bits per heavy atom. The van der Waals surface area contributed by atoms with Gasteiger partial charge in [-0.2, -0.15) is 5.10 Å². The number of fused-ring (bicyclic) bond motifs is 1. The Morgan fingerprint density at radius 1 is 0.879 bits per heavy atom. The number of aryl methyl sites for hydroxylation is 1. The van der Waals surface area contributed by atoms with Gasteiger partial charge in [-0.25, -0.2) is 4.90 Å². The second kappa shape index (κ2) is 8.56. The van der Waals surface area contributed by atoms with Crippen LogP contribution in [0.2, 0.25) is 5.02 Å². The Hall–Kier alpha value is -3.90. The van der Waals surface area contributed by atoms with Gasteiger partial charge in [0, 0.05) is 22.3 Å². The molecule has 0 fully saturated rings. The first-order valence-electron chi connectivity index (χ1n) is 10.5. The summed E-state index contributed by atoms with van der Waals surface area (Å²) in [5, 5.41) is 5.15. The summed E-state index contributed by atoms with van der Waals surface area (Å²) in [5.74, 6) is 0.262. The normalized spacial score (nSPS) is 12.8. The molecule has 164 valence electrons. The SMILES string of the molecule is Cc1cc(N2C(=O)c3ccccc3C2=O)nn1Cc1cc(Cl)ccc1OCc1ccccc1. The number of rotatable bonds is 6. The second-order valence-corrected chi connectivity index (χ2v) is 8.26. The molecule has 6 nitrogen and oxygen atoms in total. The van der Waals surface area contributed by atoms with Crippen molar-refractivity contribution in [1.82, 2.24) is 9.78 Å². The third-order valence-electron chi connectivity index (χ3n) is 5.57. The molecule has 0 unspecified atom stereocenters. The van der Waals surface area contributed by atoms with Crippen LogP contribution in [0.1, 0.15) is 37.5 Å². The minimum Gasteiger partial charge on any atom is -0.489 e. The van der Waals surface area contributed by atoms with E-state index in [2.05, 4.69) is 5.10 Å². The molecule has 1 aliphatic heterocycles. The van der Waals surface area contributed by atoms with E-state index in [0.717, 1.165) is 21.7 Å². The van der Waals surface area contributed by atoms with Crippen LogP contribution in [0, 0.1) is 6.92 Å². The molecule has 1 aromatic heterocycles. The molecule has 0 aliphatic carbocycles. The van der Waals surface area contributed by atoms with Crippen molar-refractivity contribution >= 4 is 29.2 Å². The molecule has 7 heteroatoms. The second-order valence-electron chi connectivity index (χ2n) is 7.82. The molecule has 1 aliphatic rings. The lowest BCUT2D eigenvalue weighted by Gasteiger charge is -2.13. The molecule has 0 bridgehead atoms. The molecule has 0 atom stereocenters. The van der Waals surface area contributed by atoms with Gasteiger partial charge < -0.3 is 4.74 Å². The number of imide groups is 1. The lowest BCUT2D eigenvalue weighted by atomic mass is 10.1. The summed E-state index contributed by atoms with van der Waals surface area (Å²) in [7, 11) is 0. The van der Waals surface area contributed by atoms with Crippen molar-refractivity contribution in [2.45, 2.75) is 20.1 Å². The highest BCUT2D eigenvalue weighted by Crippen LogP contribution is 2.29. The van der Waals surface area contributed by atoms with Gasteiger partial charge in [-0.15, -0.1) is 0 Å². The Balaban J connectivity index is 1.41. The van der Waals surface area contributed by atoms with Gasteiger partial charge >= 0.3 is 0 Å². The Bertz CT molecular complexity index is 1330. The van der Waals surface area contributed by atoms with Crippen molar-refractivity contribution in [3.8, 4) is 5.75 Å². The number of nitrogens with zero attached hydrogens (tertiary/aromatic N) is 3. The van der Waals surface area contributed by atoms with Crippen molar-refractivity contribution in [3.05, 3.63) is 112 Å². The van der Waals surface area contributed by atoms with Gasteiger partial charge in [-0.05, 0) is 42.8 Å². The van der Waals surface area contributed by atoms with Gasteiger partial charge in [0.25, 0.3) is 11.8 Å². The summed E-state index contributed by atoms with van der Waals surface area (Å²) < 4.78 is 7.79. The molecule has 0 radical (unpaired) electrons. The van der Waals surface area contributed by atoms with Gasteiger partial charge in [0.1, 0.15) is 12.4 Å². The molecule has 2 amide bonds. The molecule has 0 saturated heterocycles. The fraction of sp³-hybridized carbons (Fsp3) is 0.115. The minimum atomic E-state index is -0.366. The molecule has 0 spiro atoms. The van der Waals surface area contributed by atoms with Crippen LogP contribution in [0.25, 0.3) is 0 Å². The zero-order valence-electron chi connectivity index (χ0n) is 17.9. The molecule has 0 saturated carbocycles. The first kappa shape index (κ1) is 21.0.